The number of rotatable bonds is 5. The summed E-state index contributed by atoms with van der Waals surface area (Å²) in [6.07, 6.45) is 2.22. The number of carbonyl (C=O) groups is 1. The van der Waals surface area contributed by atoms with E-state index >= 15 is 0 Å². The van der Waals surface area contributed by atoms with Crippen LogP contribution in [-0.2, 0) is 10.3 Å². The van der Waals surface area contributed by atoms with Crippen molar-refractivity contribution in [3.8, 4) is 16.9 Å². The fourth-order valence-electron chi connectivity index (χ4n) is 5.25. The molecule has 6 nitrogen and oxygen atoms in total. The number of nitrogens with one attached hydrogen (secondary N) is 1. The van der Waals surface area contributed by atoms with Gasteiger partial charge in [-0.15, -0.1) is 0 Å². The van der Waals surface area contributed by atoms with Crippen molar-refractivity contribution in [2.45, 2.75) is 12.0 Å². The molecule has 7 heteroatoms. The van der Waals surface area contributed by atoms with E-state index in [0.717, 1.165) is 43.0 Å². The first kappa shape index (κ1) is 24.1. The van der Waals surface area contributed by atoms with Crippen LogP contribution < -0.4 is 15.0 Å². The van der Waals surface area contributed by atoms with Crippen LogP contribution in [0, 0.1) is 5.82 Å². The minimum Gasteiger partial charge on any atom is -0.491 e. The number of amides is 1. The molecule has 38 heavy (non-hydrogen) atoms. The predicted octanol–water partition coefficient (Wildman–Crippen LogP) is 5.18. The molecule has 0 radical (unpaired) electrons. The zero-order valence-electron chi connectivity index (χ0n) is 20.9. The van der Waals surface area contributed by atoms with Gasteiger partial charge in [0.1, 0.15) is 22.8 Å². The van der Waals surface area contributed by atoms with Crippen LogP contribution in [0.25, 0.3) is 11.1 Å². The number of hydrogen-bond acceptors (Lipinski definition) is 5. The van der Waals surface area contributed by atoms with Crippen LogP contribution in [-0.4, -0.2) is 43.8 Å². The number of nitrogens with zero attached hydrogens (tertiary/aromatic N) is 2. The molecule has 0 saturated carbocycles. The summed E-state index contributed by atoms with van der Waals surface area (Å²) in [5, 5.41) is 3.23. The largest absolute Gasteiger partial charge is 0.491 e. The molecule has 1 atom stereocenters. The quantitative estimate of drug-likeness (QED) is 0.402. The highest BCUT2D eigenvalue weighted by Gasteiger charge is 2.42. The molecule has 1 amide bonds. The Balaban J connectivity index is 1.36. The molecule has 2 aliphatic heterocycles. The second-order valence-electron chi connectivity index (χ2n) is 9.54. The number of fused-ring (bicyclic) bond motifs is 1. The van der Waals surface area contributed by atoms with Gasteiger partial charge >= 0.3 is 0 Å². The fraction of sp³-hybridized carbons (Fsp3) is 0.226. The number of halogens is 1. The molecule has 2 aliphatic rings. The molecule has 0 spiro atoms. The van der Waals surface area contributed by atoms with E-state index in [1.165, 1.54) is 30.0 Å². The Morgan fingerprint density at radius 2 is 1.68 bits per heavy atom. The summed E-state index contributed by atoms with van der Waals surface area (Å²) in [4.78, 5) is 20.4. The molecule has 1 fully saturated rings. The topological polar surface area (TPSA) is 63.7 Å². The van der Waals surface area contributed by atoms with Crippen molar-refractivity contribution in [1.29, 1.82) is 0 Å². The lowest BCUT2D eigenvalue weighted by Crippen LogP contribution is -2.50. The van der Waals surface area contributed by atoms with Crippen molar-refractivity contribution >= 4 is 11.6 Å². The maximum atomic E-state index is 13.5. The zero-order valence-corrected chi connectivity index (χ0v) is 20.9. The number of hydrogen-bond donors (Lipinski definition) is 1. The summed E-state index contributed by atoms with van der Waals surface area (Å²) >= 11 is 0. The second-order valence-corrected chi connectivity index (χ2v) is 9.54. The van der Waals surface area contributed by atoms with Gasteiger partial charge in [-0.3, -0.25) is 9.78 Å². The summed E-state index contributed by atoms with van der Waals surface area (Å²) in [5.41, 5.74) is 4.43. The number of morpholine rings is 1. The van der Waals surface area contributed by atoms with Gasteiger partial charge in [0.05, 0.1) is 19.8 Å². The number of aromatic nitrogens is 1. The van der Waals surface area contributed by atoms with Crippen LogP contribution in [0.15, 0.2) is 91.1 Å². The maximum Gasteiger partial charge on any atom is 0.252 e. The van der Waals surface area contributed by atoms with Crippen molar-refractivity contribution in [2.24, 2.45) is 0 Å². The third-order valence-corrected chi connectivity index (χ3v) is 7.28. The van der Waals surface area contributed by atoms with E-state index in [-0.39, 0.29) is 11.7 Å². The third kappa shape index (κ3) is 4.61. The summed E-state index contributed by atoms with van der Waals surface area (Å²) in [5.74, 6) is -0.0474. The molecule has 3 heterocycles. The number of anilines is 1. The van der Waals surface area contributed by atoms with Gasteiger partial charge in [0.25, 0.3) is 5.91 Å². The zero-order chi connectivity index (χ0) is 26.0. The SMILES string of the molecule is O=C(NC1(c2ccc(-c3cccc(N4CCOCC4)c3)cc2)CCOc2cccnc21)c1ccc(F)cc1. The van der Waals surface area contributed by atoms with Gasteiger partial charge in [0.2, 0.25) is 0 Å². The molecule has 6 rings (SSSR count). The molecule has 0 aliphatic carbocycles. The summed E-state index contributed by atoms with van der Waals surface area (Å²) in [6.45, 7) is 3.67. The van der Waals surface area contributed by atoms with Gasteiger partial charge in [-0.1, -0.05) is 36.4 Å². The lowest BCUT2D eigenvalue weighted by atomic mass is 9.80. The van der Waals surface area contributed by atoms with Gasteiger partial charge in [-0.05, 0) is 65.2 Å². The number of pyridine rings is 1. The van der Waals surface area contributed by atoms with Crippen LogP contribution in [0.3, 0.4) is 0 Å². The van der Waals surface area contributed by atoms with E-state index in [1.807, 2.05) is 24.3 Å². The summed E-state index contributed by atoms with van der Waals surface area (Å²) in [6, 6.07) is 26.0. The van der Waals surface area contributed by atoms with Gasteiger partial charge in [-0.25, -0.2) is 4.39 Å². The standard InChI is InChI=1S/C31H28FN3O3/c32-26-12-8-23(9-13-26)30(36)34-31(14-18-38-28-5-2-15-33-29(28)31)25-10-6-22(7-11-25)24-3-1-4-27(21-24)35-16-19-37-20-17-35/h1-13,15,21H,14,16-20H2,(H,34,36). The predicted molar refractivity (Wildman–Crippen MR) is 144 cm³/mol. The Labute approximate surface area is 221 Å². The fourth-order valence-corrected chi connectivity index (χ4v) is 5.25. The Bertz CT molecular complexity index is 1440. The Morgan fingerprint density at radius 1 is 0.895 bits per heavy atom. The number of ether oxygens (including phenoxy) is 2. The molecule has 0 bridgehead atoms. The second kappa shape index (κ2) is 10.3. The average molecular weight is 510 g/mol. The lowest BCUT2D eigenvalue weighted by molar-refractivity contribution is 0.0883. The van der Waals surface area contributed by atoms with E-state index in [4.69, 9.17) is 9.47 Å². The van der Waals surface area contributed by atoms with E-state index in [2.05, 4.69) is 51.6 Å². The van der Waals surface area contributed by atoms with Crippen LogP contribution in [0.5, 0.6) is 5.75 Å². The summed E-state index contributed by atoms with van der Waals surface area (Å²) < 4.78 is 24.9. The van der Waals surface area contributed by atoms with Crippen molar-refractivity contribution in [3.63, 3.8) is 0 Å². The molecular formula is C31H28FN3O3. The normalized spacial score (nSPS) is 18.8. The number of benzene rings is 3. The smallest absolute Gasteiger partial charge is 0.252 e. The monoisotopic (exact) mass is 509 g/mol. The third-order valence-electron chi connectivity index (χ3n) is 7.28. The van der Waals surface area contributed by atoms with Crippen LogP contribution in [0.1, 0.15) is 28.0 Å². The summed E-state index contributed by atoms with van der Waals surface area (Å²) in [7, 11) is 0. The van der Waals surface area contributed by atoms with Gasteiger partial charge in [0.15, 0.2) is 0 Å². The average Bonchev–Trinajstić information content (AvgIpc) is 2.98. The lowest BCUT2D eigenvalue weighted by Gasteiger charge is -2.39. The van der Waals surface area contributed by atoms with Gasteiger partial charge in [-0.2, -0.15) is 0 Å². The molecule has 4 aromatic rings. The molecule has 3 aromatic carbocycles. The first-order chi connectivity index (χ1) is 18.6. The van der Waals surface area contributed by atoms with E-state index in [1.54, 1.807) is 6.20 Å². The van der Waals surface area contributed by atoms with E-state index < -0.39 is 5.54 Å². The van der Waals surface area contributed by atoms with E-state index in [0.29, 0.717) is 30.0 Å². The number of carbonyl (C=O) groups excluding carboxylic acids is 1. The first-order valence-electron chi connectivity index (χ1n) is 12.8. The first-order valence-corrected chi connectivity index (χ1v) is 12.8. The van der Waals surface area contributed by atoms with Crippen molar-refractivity contribution in [3.05, 3.63) is 114 Å². The van der Waals surface area contributed by atoms with Crippen LogP contribution >= 0.6 is 0 Å². The molecule has 1 unspecified atom stereocenters. The minimum atomic E-state index is -0.894. The van der Waals surface area contributed by atoms with Crippen molar-refractivity contribution < 1.29 is 18.7 Å². The highest BCUT2D eigenvalue weighted by molar-refractivity contribution is 5.95. The highest BCUT2D eigenvalue weighted by Crippen LogP contribution is 2.41. The molecule has 1 saturated heterocycles. The van der Waals surface area contributed by atoms with Crippen LogP contribution in [0.4, 0.5) is 10.1 Å². The van der Waals surface area contributed by atoms with E-state index in [9.17, 15) is 9.18 Å². The molecule has 1 aromatic heterocycles. The van der Waals surface area contributed by atoms with Gasteiger partial charge < -0.3 is 19.7 Å². The molecule has 192 valence electrons. The highest BCUT2D eigenvalue weighted by atomic mass is 19.1. The Morgan fingerprint density at radius 3 is 2.47 bits per heavy atom. The van der Waals surface area contributed by atoms with Crippen molar-refractivity contribution in [1.82, 2.24) is 10.3 Å². The maximum absolute atomic E-state index is 13.5. The Hall–Kier alpha value is -4.23. The molecule has 1 N–H and O–H groups in total. The van der Waals surface area contributed by atoms with Crippen molar-refractivity contribution in [2.75, 3.05) is 37.8 Å². The molecular weight excluding hydrogens is 481 g/mol. The Kier molecular flexibility index (Phi) is 6.52. The van der Waals surface area contributed by atoms with Crippen LogP contribution in [0.2, 0.25) is 0 Å². The minimum absolute atomic E-state index is 0.300. The van der Waals surface area contributed by atoms with Gasteiger partial charge in [0, 0.05) is 37.0 Å².